The minimum atomic E-state index is -1.44. The van der Waals surface area contributed by atoms with E-state index in [1.54, 1.807) is 39.1 Å². The maximum atomic E-state index is 15.0. The molecule has 3 aromatic rings. The van der Waals surface area contributed by atoms with Gasteiger partial charge in [-0.2, -0.15) is 0 Å². The number of pyridine rings is 1. The number of rotatable bonds is 5. The molecule has 3 N–H and O–H groups in total. The van der Waals surface area contributed by atoms with Crippen molar-refractivity contribution in [3.63, 3.8) is 0 Å². The van der Waals surface area contributed by atoms with Crippen LogP contribution in [-0.4, -0.2) is 30.9 Å². The number of aromatic nitrogens is 3. The van der Waals surface area contributed by atoms with Crippen LogP contribution >= 0.6 is 0 Å². The van der Waals surface area contributed by atoms with E-state index in [4.69, 9.17) is 0 Å². The molecular weight excluding hydrogens is 442 g/mol. The van der Waals surface area contributed by atoms with Crippen LogP contribution in [0.4, 0.5) is 14.6 Å². The summed E-state index contributed by atoms with van der Waals surface area (Å²) in [5.74, 6) is 0.177. The molecule has 34 heavy (non-hydrogen) atoms. The zero-order chi connectivity index (χ0) is 24.8. The van der Waals surface area contributed by atoms with E-state index in [1.807, 2.05) is 0 Å². The van der Waals surface area contributed by atoms with Crippen molar-refractivity contribution in [2.75, 3.05) is 5.32 Å². The smallest absolute Gasteiger partial charge is 0.258 e. The van der Waals surface area contributed by atoms with Gasteiger partial charge in [0.25, 0.3) is 5.56 Å². The Morgan fingerprint density at radius 1 is 1.21 bits per heavy atom. The SMILES string of the molecule is Cc1nc(N[C@H](C)c2cccc(C(C)F)c2F)c2cc(C3(O)CCC(O)CC3)c(=O)n(C)c2n1. The molecule has 9 heteroatoms. The predicted octanol–water partition coefficient (Wildman–Crippen LogP) is 4.10. The second-order valence-corrected chi connectivity index (χ2v) is 9.27. The van der Waals surface area contributed by atoms with Crippen molar-refractivity contribution in [3.8, 4) is 0 Å². The van der Waals surface area contributed by atoms with E-state index in [0.717, 1.165) is 0 Å². The highest BCUT2D eigenvalue weighted by atomic mass is 19.1. The molecule has 182 valence electrons. The molecule has 0 aliphatic heterocycles. The third-order valence-corrected chi connectivity index (χ3v) is 6.77. The lowest BCUT2D eigenvalue weighted by Crippen LogP contribution is -2.39. The standard InChI is InChI=1S/C25H30F2N4O3/c1-13(26)17-6-5-7-18(21(17)27)14(2)28-22-19-12-20(25(34)10-8-16(32)9-11-25)24(33)31(4)23(19)30-15(3)29-22/h5-7,12-14,16,32,34H,8-11H2,1-4H3,(H,28,29,30)/t13?,14-,16?,25?/m1/s1. The van der Waals surface area contributed by atoms with Crippen LogP contribution in [-0.2, 0) is 12.6 Å². The van der Waals surface area contributed by atoms with Crippen molar-refractivity contribution >= 4 is 16.9 Å². The summed E-state index contributed by atoms with van der Waals surface area (Å²) < 4.78 is 30.2. The van der Waals surface area contributed by atoms with Gasteiger partial charge in [-0.15, -0.1) is 0 Å². The molecule has 1 unspecified atom stereocenters. The van der Waals surface area contributed by atoms with E-state index in [0.29, 0.717) is 35.5 Å². The average molecular weight is 473 g/mol. The van der Waals surface area contributed by atoms with Gasteiger partial charge in [0.1, 0.15) is 29.3 Å². The molecule has 0 bridgehead atoms. The molecule has 2 heterocycles. The summed E-state index contributed by atoms with van der Waals surface area (Å²) in [6.45, 7) is 4.72. The average Bonchev–Trinajstić information content (AvgIpc) is 2.78. The number of anilines is 1. The molecular formula is C25H30F2N4O3. The third-order valence-electron chi connectivity index (χ3n) is 6.77. The summed E-state index contributed by atoms with van der Waals surface area (Å²) in [5, 5.41) is 24.8. The maximum absolute atomic E-state index is 15.0. The van der Waals surface area contributed by atoms with Crippen molar-refractivity contribution < 1.29 is 19.0 Å². The molecule has 0 saturated heterocycles. The number of benzene rings is 1. The highest BCUT2D eigenvalue weighted by Gasteiger charge is 2.37. The molecule has 0 amide bonds. The van der Waals surface area contributed by atoms with Crippen LogP contribution in [0.25, 0.3) is 11.0 Å². The largest absolute Gasteiger partial charge is 0.393 e. The first kappa shape index (κ1) is 24.2. The number of aliphatic hydroxyl groups excluding tert-OH is 1. The van der Waals surface area contributed by atoms with Crippen LogP contribution in [0.5, 0.6) is 0 Å². The first-order chi connectivity index (χ1) is 16.0. The molecule has 2 atom stereocenters. The van der Waals surface area contributed by atoms with E-state index >= 15 is 0 Å². The van der Waals surface area contributed by atoms with Crippen LogP contribution in [0.2, 0.25) is 0 Å². The Balaban J connectivity index is 1.82. The Bertz CT molecular complexity index is 1280. The molecule has 1 saturated carbocycles. The van der Waals surface area contributed by atoms with E-state index in [1.165, 1.54) is 17.6 Å². The Morgan fingerprint density at radius 2 is 1.85 bits per heavy atom. The fourth-order valence-corrected chi connectivity index (χ4v) is 4.72. The summed E-state index contributed by atoms with van der Waals surface area (Å²) >= 11 is 0. The van der Waals surface area contributed by atoms with Crippen molar-refractivity contribution in [1.82, 2.24) is 14.5 Å². The van der Waals surface area contributed by atoms with Gasteiger partial charge in [-0.05, 0) is 52.5 Å². The molecule has 1 aliphatic carbocycles. The second-order valence-electron chi connectivity index (χ2n) is 9.27. The topological polar surface area (TPSA) is 100 Å². The first-order valence-electron chi connectivity index (χ1n) is 11.5. The van der Waals surface area contributed by atoms with E-state index in [2.05, 4.69) is 15.3 Å². The molecule has 4 rings (SSSR count). The van der Waals surface area contributed by atoms with Crippen molar-refractivity contribution in [3.05, 3.63) is 63.0 Å². The summed E-state index contributed by atoms with van der Waals surface area (Å²) in [5.41, 5.74) is -0.857. The maximum Gasteiger partial charge on any atom is 0.258 e. The van der Waals surface area contributed by atoms with Gasteiger partial charge in [0.2, 0.25) is 0 Å². The highest BCUT2D eigenvalue weighted by Crippen LogP contribution is 2.37. The number of nitrogens with zero attached hydrogens (tertiary/aromatic N) is 3. The van der Waals surface area contributed by atoms with Gasteiger partial charge < -0.3 is 15.5 Å². The number of fused-ring (bicyclic) bond motifs is 1. The summed E-state index contributed by atoms with van der Waals surface area (Å²) in [4.78, 5) is 22.1. The quantitative estimate of drug-likeness (QED) is 0.517. The molecule has 1 aliphatic rings. The normalized spacial score (nSPS) is 22.5. The van der Waals surface area contributed by atoms with E-state index < -0.39 is 29.7 Å². The van der Waals surface area contributed by atoms with Gasteiger partial charge >= 0.3 is 0 Å². The van der Waals surface area contributed by atoms with Gasteiger partial charge in [0.05, 0.1) is 23.1 Å². The van der Waals surface area contributed by atoms with E-state index in [9.17, 15) is 23.8 Å². The molecule has 7 nitrogen and oxygen atoms in total. The molecule has 1 aromatic carbocycles. The van der Waals surface area contributed by atoms with Crippen LogP contribution in [0.1, 0.15) is 74.3 Å². The Hall–Kier alpha value is -2.91. The molecule has 2 aromatic heterocycles. The van der Waals surface area contributed by atoms with Gasteiger partial charge in [0, 0.05) is 23.7 Å². The number of hydrogen-bond donors (Lipinski definition) is 3. The van der Waals surface area contributed by atoms with Gasteiger partial charge in [-0.3, -0.25) is 9.36 Å². The van der Waals surface area contributed by atoms with Gasteiger partial charge in [-0.25, -0.2) is 18.7 Å². The van der Waals surface area contributed by atoms with Crippen LogP contribution in [0.15, 0.2) is 29.1 Å². The second kappa shape index (κ2) is 9.03. The monoisotopic (exact) mass is 472 g/mol. The van der Waals surface area contributed by atoms with E-state index in [-0.39, 0.29) is 35.1 Å². The lowest BCUT2D eigenvalue weighted by Gasteiger charge is -2.34. The zero-order valence-electron chi connectivity index (χ0n) is 19.8. The fraction of sp³-hybridized carbons (Fsp3) is 0.480. The molecule has 0 spiro atoms. The van der Waals surface area contributed by atoms with Crippen molar-refractivity contribution in [1.29, 1.82) is 0 Å². The number of hydrogen-bond acceptors (Lipinski definition) is 6. The summed E-state index contributed by atoms with van der Waals surface area (Å²) in [6.07, 6.45) is -0.618. The fourth-order valence-electron chi connectivity index (χ4n) is 4.72. The number of nitrogens with one attached hydrogen (secondary N) is 1. The minimum absolute atomic E-state index is 0.0127. The molecule has 1 fully saturated rings. The lowest BCUT2D eigenvalue weighted by molar-refractivity contribution is -0.0371. The highest BCUT2D eigenvalue weighted by molar-refractivity contribution is 5.87. The number of aryl methyl sites for hydroxylation is 2. The third kappa shape index (κ3) is 4.30. The zero-order valence-corrected chi connectivity index (χ0v) is 19.8. The number of alkyl halides is 1. The Labute approximate surface area is 196 Å². The van der Waals surface area contributed by atoms with Crippen LogP contribution in [0, 0.1) is 12.7 Å². The minimum Gasteiger partial charge on any atom is -0.393 e. The van der Waals surface area contributed by atoms with Crippen molar-refractivity contribution in [2.24, 2.45) is 7.05 Å². The summed E-state index contributed by atoms with van der Waals surface area (Å²) in [6, 6.07) is 5.65. The first-order valence-corrected chi connectivity index (χ1v) is 11.5. The number of halogens is 2. The van der Waals surface area contributed by atoms with Gasteiger partial charge in [0.15, 0.2) is 0 Å². The van der Waals surface area contributed by atoms with Crippen LogP contribution < -0.4 is 10.9 Å². The van der Waals surface area contributed by atoms with Crippen LogP contribution in [0.3, 0.4) is 0 Å². The lowest BCUT2D eigenvalue weighted by atomic mass is 9.79. The summed E-state index contributed by atoms with van der Waals surface area (Å²) in [7, 11) is 1.58. The van der Waals surface area contributed by atoms with Gasteiger partial charge in [-0.1, -0.05) is 18.2 Å². The van der Waals surface area contributed by atoms with Crippen molar-refractivity contribution in [2.45, 2.75) is 70.4 Å². The molecule has 0 radical (unpaired) electrons. The Kier molecular flexibility index (Phi) is 6.44. The predicted molar refractivity (Wildman–Crippen MR) is 126 cm³/mol. The number of aliphatic hydroxyl groups is 2. The Morgan fingerprint density at radius 3 is 2.50 bits per heavy atom.